The van der Waals surface area contributed by atoms with Gasteiger partial charge in [0.2, 0.25) is 0 Å². The fraction of sp³-hybridized carbons (Fsp3) is 0.286. The molecule has 0 radical (unpaired) electrons. The molecule has 100 valence electrons. The van der Waals surface area contributed by atoms with Crippen LogP contribution in [0, 0.1) is 13.8 Å². The van der Waals surface area contributed by atoms with E-state index in [-0.39, 0.29) is 0 Å². The van der Waals surface area contributed by atoms with E-state index in [2.05, 4.69) is 17.2 Å². The number of hydrogen-bond acceptors (Lipinski definition) is 4. The summed E-state index contributed by atoms with van der Waals surface area (Å²) < 4.78 is 0. The molecular weight excluding hydrogens is 260 g/mol. The maximum Gasteiger partial charge on any atom is 0.335 e. The van der Waals surface area contributed by atoms with Gasteiger partial charge in [0.05, 0.1) is 11.3 Å². The lowest BCUT2D eigenvalue weighted by molar-refractivity contribution is 0.0696. The molecule has 19 heavy (non-hydrogen) atoms. The molecule has 2 rings (SSSR count). The Morgan fingerprint density at radius 2 is 2.16 bits per heavy atom. The van der Waals surface area contributed by atoms with Gasteiger partial charge < -0.3 is 10.4 Å². The summed E-state index contributed by atoms with van der Waals surface area (Å²) in [7, 11) is 0. The number of carboxylic acid groups (broad SMARTS) is 1. The summed E-state index contributed by atoms with van der Waals surface area (Å²) in [6.07, 6.45) is 0. The lowest BCUT2D eigenvalue weighted by atomic mass is 10.1. The molecule has 0 saturated heterocycles. The van der Waals surface area contributed by atoms with E-state index in [1.807, 2.05) is 13.0 Å². The molecule has 2 N–H and O–H groups in total. The third-order valence-corrected chi connectivity index (χ3v) is 3.92. The van der Waals surface area contributed by atoms with Crippen LogP contribution in [0.5, 0.6) is 0 Å². The molecule has 1 heterocycles. The van der Waals surface area contributed by atoms with Crippen molar-refractivity contribution in [1.29, 1.82) is 0 Å². The van der Waals surface area contributed by atoms with E-state index >= 15 is 0 Å². The molecule has 1 aromatic carbocycles. The van der Waals surface area contributed by atoms with E-state index in [0.29, 0.717) is 18.7 Å². The van der Waals surface area contributed by atoms with Gasteiger partial charge >= 0.3 is 5.97 Å². The minimum absolute atomic E-state index is 0.320. The van der Waals surface area contributed by atoms with Gasteiger partial charge in [0.1, 0.15) is 5.01 Å². The smallest absolute Gasteiger partial charge is 0.335 e. The van der Waals surface area contributed by atoms with Crippen LogP contribution in [0.3, 0.4) is 0 Å². The quantitative estimate of drug-likeness (QED) is 0.881. The van der Waals surface area contributed by atoms with Crippen molar-refractivity contribution < 1.29 is 9.90 Å². The second-order valence-corrected chi connectivity index (χ2v) is 5.65. The lowest BCUT2D eigenvalue weighted by Crippen LogP contribution is -2.13. The predicted octanol–water partition coefficient (Wildman–Crippen LogP) is 2.75. The predicted molar refractivity (Wildman–Crippen MR) is 75.5 cm³/mol. The number of benzene rings is 1. The Morgan fingerprint density at radius 3 is 2.79 bits per heavy atom. The number of hydrogen-bond donors (Lipinski definition) is 2. The average molecular weight is 276 g/mol. The Hall–Kier alpha value is -1.72. The van der Waals surface area contributed by atoms with Crippen LogP contribution in [0.15, 0.2) is 24.3 Å². The topological polar surface area (TPSA) is 62.2 Å². The third kappa shape index (κ3) is 3.62. The van der Waals surface area contributed by atoms with Crippen molar-refractivity contribution in [3.8, 4) is 0 Å². The van der Waals surface area contributed by atoms with Crippen molar-refractivity contribution in [2.75, 3.05) is 0 Å². The van der Waals surface area contributed by atoms with E-state index < -0.39 is 5.97 Å². The average Bonchev–Trinajstić information content (AvgIpc) is 2.69. The molecule has 0 aliphatic rings. The highest BCUT2D eigenvalue weighted by molar-refractivity contribution is 7.11. The van der Waals surface area contributed by atoms with Crippen LogP contribution < -0.4 is 5.32 Å². The Kier molecular flexibility index (Phi) is 4.29. The SMILES string of the molecule is Cc1nc(CNCc2cccc(C(=O)O)c2)sc1C. The second kappa shape index (κ2) is 5.95. The standard InChI is InChI=1S/C14H16N2O2S/c1-9-10(2)19-13(16-9)8-15-7-11-4-3-5-12(6-11)14(17)18/h3-6,15H,7-8H2,1-2H3,(H,17,18). The zero-order valence-electron chi connectivity index (χ0n) is 10.9. The number of carbonyl (C=O) groups is 1. The first-order valence-corrected chi connectivity index (χ1v) is 6.84. The zero-order chi connectivity index (χ0) is 13.8. The van der Waals surface area contributed by atoms with Crippen LogP contribution in [-0.2, 0) is 13.1 Å². The first kappa shape index (κ1) is 13.7. The summed E-state index contributed by atoms with van der Waals surface area (Å²) in [5, 5.41) is 13.3. The Labute approximate surface area is 116 Å². The maximum absolute atomic E-state index is 10.9. The lowest BCUT2D eigenvalue weighted by Gasteiger charge is -2.04. The van der Waals surface area contributed by atoms with Crippen molar-refractivity contribution in [1.82, 2.24) is 10.3 Å². The summed E-state index contributed by atoms with van der Waals surface area (Å²) in [6, 6.07) is 6.96. The van der Waals surface area contributed by atoms with Gasteiger partial charge in [0.15, 0.2) is 0 Å². The molecule has 0 bridgehead atoms. The number of nitrogens with zero attached hydrogens (tertiary/aromatic N) is 1. The molecule has 0 unspecified atom stereocenters. The molecule has 0 aliphatic carbocycles. The van der Waals surface area contributed by atoms with E-state index in [1.165, 1.54) is 4.88 Å². The number of rotatable bonds is 5. The molecule has 1 aromatic heterocycles. The minimum Gasteiger partial charge on any atom is -0.478 e. The Balaban J connectivity index is 1.92. The van der Waals surface area contributed by atoms with E-state index in [4.69, 9.17) is 5.11 Å². The van der Waals surface area contributed by atoms with E-state index in [9.17, 15) is 4.79 Å². The van der Waals surface area contributed by atoms with Crippen LogP contribution in [0.4, 0.5) is 0 Å². The van der Waals surface area contributed by atoms with Gasteiger partial charge in [0, 0.05) is 18.0 Å². The summed E-state index contributed by atoms with van der Waals surface area (Å²) in [4.78, 5) is 16.5. The first-order chi connectivity index (χ1) is 9.06. The minimum atomic E-state index is -0.895. The van der Waals surface area contributed by atoms with Crippen molar-refractivity contribution in [2.45, 2.75) is 26.9 Å². The van der Waals surface area contributed by atoms with Crippen molar-refractivity contribution >= 4 is 17.3 Å². The van der Waals surface area contributed by atoms with Gasteiger partial charge in [-0.25, -0.2) is 9.78 Å². The number of nitrogens with one attached hydrogen (secondary N) is 1. The van der Waals surface area contributed by atoms with Crippen LogP contribution in [-0.4, -0.2) is 16.1 Å². The third-order valence-electron chi connectivity index (χ3n) is 2.85. The fourth-order valence-corrected chi connectivity index (χ4v) is 2.65. The summed E-state index contributed by atoms with van der Waals surface area (Å²) in [5.41, 5.74) is 2.36. The molecular formula is C14H16N2O2S. The number of thiazole rings is 1. The largest absolute Gasteiger partial charge is 0.478 e. The van der Waals surface area contributed by atoms with Gasteiger partial charge in [0.25, 0.3) is 0 Å². The highest BCUT2D eigenvalue weighted by Gasteiger charge is 2.05. The van der Waals surface area contributed by atoms with E-state index in [0.717, 1.165) is 16.3 Å². The van der Waals surface area contributed by atoms with Crippen molar-refractivity contribution in [2.24, 2.45) is 0 Å². The van der Waals surface area contributed by atoms with Gasteiger partial charge in [-0.15, -0.1) is 11.3 Å². The highest BCUT2D eigenvalue weighted by Crippen LogP contribution is 2.16. The molecule has 0 saturated carbocycles. The van der Waals surface area contributed by atoms with E-state index in [1.54, 1.807) is 29.5 Å². The Bertz CT molecular complexity index is 573. The van der Waals surface area contributed by atoms with Gasteiger partial charge in [-0.1, -0.05) is 12.1 Å². The summed E-state index contributed by atoms with van der Waals surface area (Å²) in [5.74, 6) is -0.895. The summed E-state index contributed by atoms with van der Waals surface area (Å²) in [6.45, 7) is 5.41. The normalized spacial score (nSPS) is 10.6. The first-order valence-electron chi connectivity index (χ1n) is 6.02. The molecule has 0 atom stereocenters. The highest BCUT2D eigenvalue weighted by atomic mass is 32.1. The molecule has 0 aliphatic heterocycles. The van der Waals surface area contributed by atoms with Crippen molar-refractivity contribution in [3.05, 3.63) is 51.0 Å². The zero-order valence-corrected chi connectivity index (χ0v) is 11.8. The van der Waals surface area contributed by atoms with Gasteiger partial charge in [-0.2, -0.15) is 0 Å². The summed E-state index contributed by atoms with van der Waals surface area (Å²) >= 11 is 1.69. The molecule has 0 spiro atoms. The number of aromatic nitrogens is 1. The molecule has 0 fully saturated rings. The van der Waals surface area contributed by atoms with Crippen molar-refractivity contribution in [3.63, 3.8) is 0 Å². The van der Waals surface area contributed by atoms with Crippen LogP contribution in [0.1, 0.15) is 31.5 Å². The fourth-order valence-electron chi connectivity index (χ4n) is 1.74. The second-order valence-electron chi connectivity index (χ2n) is 4.36. The van der Waals surface area contributed by atoms with Gasteiger partial charge in [-0.05, 0) is 31.5 Å². The van der Waals surface area contributed by atoms with Gasteiger partial charge in [-0.3, -0.25) is 0 Å². The monoisotopic (exact) mass is 276 g/mol. The molecule has 2 aromatic rings. The maximum atomic E-state index is 10.9. The van der Waals surface area contributed by atoms with Crippen LogP contribution >= 0.6 is 11.3 Å². The van der Waals surface area contributed by atoms with Crippen LogP contribution in [0.2, 0.25) is 0 Å². The number of aryl methyl sites for hydroxylation is 2. The number of aromatic carboxylic acids is 1. The van der Waals surface area contributed by atoms with Crippen LogP contribution in [0.25, 0.3) is 0 Å². The molecule has 0 amide bonds. The number of carboxylic acids is 1. The molecule has 4 nitrogen and oxygen atoms in total. The Morgan fingerprint density at radius 1 is 1.37 bits per heavy atom. The molecule has 5 heteroatoms.